The lowest BCUT2D eigenvalue weighted by Crippen LogP contribution is -2.03. The molecule has 3 aromatic carbocycles. The Bertz CT molecular complexity index is 1400. The van der Waals surface area contributed by atoms with E-state index in [0.29, 0.717) is 27.5 Å². The minimum Gasteiger partial charge on any atom is -0.319 e. The average Bonchev–Trinajstić information content (AvgIpc) is 3.08. The van der Waals surface area contributed by atoms with Gasteiger partial charge in [-0.2, -0.15) is 0 Å². The van der Waals surface area contributed by atoms with Crippen molar-refractivity contribution in [2.75, 3.05) is 0 Å². The Labute approximate surface area is 198 Å². The van der Waals surface area contributed by atoms with E-state index in [-0.39, 0.29) is 0 Å². The fraction of sp³-hybridized carbons (Fsp3) is 0.0870. The maximum atomic E-state index is 6.43. The lowest BCUT2D eigenvalue weighted by Gasteiger charge is -2.09. The normalized spacial score (nSPS) is 11.5. The van der Waals surface area contributed by atoms with Crippen LogP contribution in [0.3, 0.4) is 0 Å². The minimum atomic E-state index is 0.552. The average molecular weight is 486 g/mol. The van der Waals surface area contributed by atoms with Gasteiger partial charge in [0.2, 0.25) is 5.16 Å². The molecule has 2 aromatic heterocycles. The van der Waals surface area contributed by atoms with E-state index < -0.39 is 0 Å². The lowest BCUT2D eigenvalue weighted by atomic mass is 10.2. The van der Waals surface area contributed by atoms with Crippen molar-refractivity contribution < 1.29 is 0 Å². The van der Waals surface area contributed by atoms with Crippen LogP contribution in [-0.2, 0) is 12.3 Å². The number of rotatable bonds is 5. The molecule has 5 aromatic rings. The quantitative estimate of drug-likeness (QED) is 0.245. The predicted octanol–water partition coefficient (Wildman–Crippen LogP) is 7.28. The summed E-state index contributed by atoms with van der Waals surface area (Å²) in [5.74, 6) is 0.552. The van der Waals surface area contributed by atoms with E-state index in [9.17, 15) is 0 Å². The summed E-state index contributed by atoms with van der Waals surface area (Å²) in [4.78, 5) is 4.84. The van der Waals surface area contributed by atoms with Crippen LogP contribution >= 0.6 is 46.6 Å². The van der Waals surface area contributed by atoms with Crippen LogP contribution in [0.2, 0.25) is 15.1 Å². The molecule has 0 aliphatic carbocycles. The molecule has 0 saturated heterocycles. The number of thioether (sulfide) groups is 1. The van der Waals surface area contributed by atoms with E-state index >= 15 is 0 Å². The van der Waals surface area contributed by atoms with Gasteiger partial charge in [0.25, 0.3) is 0 Å². The molecule has 0 bridgehead atoms. The largest absolute Gasteiger partial charge is 0.319 e. The Balaban J connectivity index is 1.57. The number of benzene rings is 3. The molecule has 0 amide bonds. The molecule has 31 heavy (non-hydrogen) atoms. The highest BCUT2D eigenvalue weighted by atomic mass is 35.5. The van der Waals surface area contributed by atoms with Crippen LogP contribution in [-0.4, -0.2) is 19.7 Å². The Morgan fingerprint density at radius 3 is 2.29 bits per heavy atom. The monoisotopic (exact) mass is 484 g/mol. The second-order valence-electron chi connectivity index (χ2n) is 6.95. The number of hydrogen-bond acceptors (Lipinski definition) is 4. The van der Waals surface area contributed by atoms with Gasteiger partial charge in [0, 0.05) is 26.2 Å². The summed E-state index contributed by atoms with van der Waals surface area (Å²) in [6, 6.07) is 21.4. The third-order valence-corrected chi connectivity index (χ3v) is 6.99. The number of para-hydroxylation sites is 1. The Hall–Kier alpha value is -2.31. The molecule has 0 saturated carbocycles. The molecule has 0 aliphatic heterocycles. The Kier molecular flexibility index (Phi) is 5.76. The molecule has 8 heteroatoms. The molecule has 0 atom stereocenters. The van der Waals surface area contributed by atoms with Crippen LogP contribution in [0.25, 0.3) is 22.1 Å². The van der Waals surface area contributed by atoms with Gasteiger partial charge in [-0.1, -0.05) is 89.0 Å². The van der Waals surface area contributed by atoms with Gasteiger partial charge in [0.1, 0.15) is 5.52 Å². The summed E-state index contributed by atoms with van der Waals surface area (Å²) >= 11 is 20.5. The predicted molar refractivity (Wildman–Crippen MR) is 129 cm³/mol. The zero-order valence-corrected chi connectivity index (χ0v) is 19.2. The van der Waals surface area contributed by atoms with Gasteiger partial charge < -0.3 is 4.57 Å². The summed E-state index contributed by atoms with van der Waals surface area (Å²) in [5.41, 5.74) is 4.45. The molecule has 2 heterocycles. The fourth-order valence-electron chi connectivity index (χ4n) is 3.51. The van der Waals surface area contributed by atoms with Gasteiger partial charge in [0.15, 0.2) is 5.65 Å². The van der Waals surface area contributed by atoms with E-state index in [1.54, 1.807) is 0 Å². The van der Waals surface area contributed by atoms with Crippen molar-refractivity contribution in [3.8, 4) is 0 Å². The molecular formula is C23H15Cl3N4S. The number of nitrogens with zero attached hydrogens (tertiary/aromatic N) is 4. The number of fused-ring (bicyclic) bond motifs is 3. The molecular weight excluding hydrogens is 471 g/mol. The van der Waals surface area contributed by atoms with Crippen molar-refractivity contribution in [2.24, 2.45) is 0 Å². The minimum absolute atomic E-state index is 0.552. The van der Waals surface area contributed by atoms with Crippen LogP contribution in [0.4, 0.5) is 0 Å². The molecule has 0 radical (unpaired) electrons. The van der Waals surface area contributed by atoms with Gasteiger partial charge in [-0.05, 0) is 35.4 Å². The molecule has 0 spiro atoms. The van der Waals surface area contributed by atoms with E-state index in [0.717, 1.165) is 38.2 Å². The van der Waals surface area contributed by atoms with Gasteiger partial charge in [-0.25, -0.2) is 4.98 Å². The van der Waals surface area contributed by atoms with Crippen molar-refractivity contribution in [3.05, 3.63) is 92.9 Å². The van der Waals surface area contributed by atoms with Crippen molar-refractivity contribution in [2.45, 2.75) is 17.5 Å². The van der Waals surface area contributed by atoms with Crippen LogP contribution in [0.15, 0.2) is 71.9 Å². The van der Waals surface area contributed by atoms with Crippen LogP contribution < -0.4 is 0 Å². The van der Waals surface area contributed by atoms with Crippen LogP contribution in [0, 0.1) is 0 Å². The van der Waals surface area contributed by atoms with Gasteiger partial charge >= 0.3 is 0 Å². The Morgan fingerprint density at radius 1 is 0.774 bits per heavy atom. The second-order valence-corrected chi connectivity index (χ2v) is 9.11. The van der Waals surface area contributed by atoms with E-state index in [1.165, 1.54) is 11.8 Å². The summed E-state index contributed by atoms with van der Waals surface area (Å²) in [6.45, 7) is 0.586. The highest BCUT2D eigenvalue weighted by Gasteiger charge is 2.16. The third-order valence-electron chi connectivity index (χ3n) is 5.05. The first-order valence-electron chi connectivity index (χ1n) is 9.52. The maximum absolute atomic E-state index is 6.43. The van der Waals surface area contributed by atoms with Crippen molar-refractivity contribution in [1.29, 1.82) is 0 Å². The zero-order chi connectivity index (χ0) is 21.4. The summed E-state index contributed by atoms with van der Waals surface area (Å²) in [5, 5.41) is 12.4. The topological polar surface area (TPSA) is 43.6 Å². The third kappa shape index (κ3) is 3.99. The summed E-state index contributed by atoms with van der Waals surface area (Å²) < 4.78 is 2.13. The molecule has 5 rings (SSSR count). The Morgan fingerprint density at radius 2 is 1.48 bits per heavy atom. The number of hydrogen-bond donors (Lipinski definition) is 0. The smallest absolute Gasteiger partial charge is 0.211 e. The van der Waals surface area contributed by atoms with E-state index in [4.69, 9.17) is 39.8 Å². The first kappa shape index (κ1) is 20.6. The molecule has 0 fully saturated rings. The van der Waals surface area contributed by atoms with E-state index in [2.05, 4.69) is 20.8 Å². The maximum Gasteiger partial charge on any atom is 0.211 e. The van der Waals surface area contributed by atoms with Crippen molar-refractivity contribution >= 4 is 68.6 Å². The summed E-state index contributed by atoms with van der Waals surface area (Å²) in [7, 11) is 0. The lowest BCUT2D eigenvalue weighted by molar-refractivity contribution is 0.814. The highest BCUT2D eigenvalue weighted by Crippen LogP contribution is 2.32. The van der Waals surface area contributed by atoms with Crippen molar-refractivity contribution in [3.63, 3.8) is 0 Å². The molecule has 154 valence electrons. The fourth-order valence-corrected chi connectivity index (χ4v) is 5.23. The molecule has 0 aliphatic rings. The summed E-state index contributed by atoms with van der Waals surface area (Å²) in [6.07, 6.45) is 0. The molecule has 0 N–H and O–H groups in total. The molecule has 4 nitrogen and oxygen atoms in total. The van der Waals surface area contributed by atoms with Gasteiger partial charge in [0.05, 0.1) is 12.1 Å². The van der Waals surface area contributed by atoms with E-state index in [1.807, 2.05) is 60.7 Å². The number of halogens is 3. The second kappa shape index (κ2) is 8.67. The first-order chi connectivity index (χ1) is 15.1. The standard InChI is InChI=1S/C23H15Cl3N4S/c24-17-8-3-1-6-14(17)12-30-20-11-4-2-7-15(20)21-22(30)27-23(29-28-21)31-13-16-18(25)9-5-10-19(16)26/h1-11H,12-13H2. The molecule has 0 unspecified atom stereocenters. The number of aromatic nitrogens is 4. The van der Waals surface area contributed by atoms with Gasteiger partial charge in [-0.15, -0.1) is 10.2 Å². The van der Waals surface area contributed by atoms with Crippen LogP contribution in [0.1, 0.15) is 11.1 Å². The van der Waals surface area contributed by atoms with Gasteiger partial charge in [-0.3, -0.25) is 0 Å². The zero-order valence-electron chi connectivity index (χ0n) is 16.1. The van der Waals surface area contributed by atoms with Crippen LogP contribution in [0.5, 0.6) is 0 Å². The highest BCUT2D eigenvalue weighted by molar-refractivity contribution is 7.98. The van der Waals surface area contributed by atoms with Crippen molar-refractivity contribution in [1.82, 2.24) is 19.7 Å². The first-order valence-corrected chi connectivity index (χ1v) is 11.6. The SMILES string of the molecule is Clc1ccccc1Cn1c2ccccc2c2nnc(SCc3c(Cl)cccc3Cl)nc21.